The Kier molecular flexibility index (Phi) is 8.16. The first-order chi connectivity index (χ1) is 26.0. The van der Waals surface area contributed by atoms with Crippen LogP contribution in [0.1, 0.15) is 106 Å². The Morgan fingerprint density at radius 2 is 1.13 bits per heavy atom. The molecule has 2 bridgehead atoms. The molecule has 4 aliphatic rings. The summed E-state index contributed by atoms with van der Waals surface area (Å²) < 4.78 is 0. The smallest absolute Gasteiger partial charge is 0.0471 e. The van der Waals surface area contributed by atoms with Crippen LogP contribution in [0, 0.1) is 11.8 Å². The van der Waals surface area contributed by atoms with Crippen molar-refractivity contribution in [3.63, 3.8) is 0 Å². The minimum Gasteiger partial charge on any atom is -0.310 e. The Morgan fingerprint density at radius 3 is 1.81 bits per heavy atom. The molecule has 0 heterocycles. The molecular formula is C52H51N. The lowest BCUT2D eigenvalue weighted by molar-refractivity contribution is 0.420. The normalized spacial score (nSPS) is 21.4. The third kappa shape index (κ3) is 5.75. The molecule has 3 atom stereocenters. The molecule has 0 saturated heterocycles. The predicted octanol–water partition coefficient (Wildman–Crippen LogP) is 14.7. The maximum absolute atomic E-state index is 2.54. The van der Waals surface area contributed by atoms with Crippen molar-refractivity contribution in [1.82, 2.24) is 0 Å². The number of benzene rings is 6. The summed E-state index contributed by atoms with van der Waals surface area (Å²) in [5.74, 6) is 3.25. The standard InChI is InChI=1S/C52H51N/c1-52(2)49-16-10-9-15-46(49)51-48(41-21-19-38(20-22-41)36-11-5-3-6-12-36)33-45(34-50(51)52)53(43-27-23-39(24-28-43)37-13-7-4-8-14-37)44-29-25-40(26-30-44)47-32-35-17-18-42(47)31-35/h3,5-6,9-12,15-16,19-30,33-35,37,42,47H,4,7-8,13-14,17-18,31-32H2,1-2H3. The van der Waals surface area contributed by atoms with Crippen LogP contribution in [-0.2, 0) is 5.41 Å². The van der Waals surface area contributed by atoms with Crippen molar-refractivity contribution in [2.24, 2.45) is 11.8 Å². The van der Waals surface area contributed by atoms with E-state index in [1.807, 2.05) is 0 Å². The average Bonchev–Trinajstić information content (AvgIpc) is 3.92. The first kappa shape index (κ1) is 32.7. The maximum atomic E-state index is 2.54. The number of anilines is 3. The SMILES string of the molecule is CC1(C)c2ccccc2-c2c(-c3ccc(-c4ccccc4)cc3)cc(N(c3ccc(C4CCCCC4)cc3)c3ccc(C4CC5CCC4C5)cc3)cc21. The number of hydrogen-bond acceptors (Lipinski definition) is 1. The third-order valence-corrected chi connectivity index (χ3v) is 13.8. The number of hydrogen-bond donors (Lipinski definition) is 0. The molecule has 10 rings (SSSR count). The number of rotatable bonds is 7. The Balaban J connectivity index is 1.12. The molecule has 0 spiro atoms. The van der Waals surface area contributed by atoms with Crippen molar-refractivity contribution in [2.75, 3.05) is 4.90 Å². The molecule has 53 heavy (non-hydrogen) atoms. The van der Waals surface area contributed by atoms with E-state index in [0.717, 1.165) is 17.8 Å². The summed E-state index contributed by atoms with van der Waals surface area (Å²) in [4.78, 5) is 2.54. The van der Waals surface area contributed by atoms with Crippen LogP contribution in [0.3, 0.4) is 0 Å². The number of fused-ring (bicyclic) bond motifs is 5. The first-order valence-corrected chi connectivity index (χ1v) is 20.5. The van der Waals surface area contributed by atoms with E-state index in [4.69, 9.17) is 0 Å². The molecule has 6 aromatic carbocycles. The van der Waals surface area contributed by atoms with Crippen LogP contribution in [0.5, 0.6) is 0 Å². The molecule has 1 nitrogen and oxygen atoms in total. The van der Waals surface area contributed by atoms with Gasteiger partial charge in [-0.05, 0) is 148 Å². The molecule has 6 aromatic rings. The van der Waals surface area contributed by atoms with Gasteiger partial charge in [0.2, 0.25) is 0 Å². The van der Waals surface area contributed by atoms with Crippen molar-refractivity contribution in [1.29, 1.82) is 0 Å². The quantitative estimate of drug-likeness (QED) is 0.161. The van der Waals surface area contributed by atoms with Gasteiger partial charge in [-0.15, -0.1) is 0 Å². The second-order valence-electron chi connectivity index (χ2n) is 17.2. The summed E-state index contributed by atoms with van der Waals surface area (Å²) in [6.45, 7) is 4.83. The average molecular weight is 690 g/mol. The highest BCUT2D eigenvalue weighted by Crippen LogP contribution is 2.56. The molecular weight excluding hydrogens is 639 g/mol. The Hall–Kier alpha value is -4.88. The molecule has 0 amide bonds. The summed E-state index contributed by atoms with van der Waals surface area (Å²) in [5.41, 5.74) is 17.2. The Bertz CT molecular complexity index is 2240. The maximum Gasteiger partial charge on any atom is 0.0471 e. The molecule has 3 fully saturated rings. The zero-order valence-electron chi connectivity index (χ0n) is 31.4. The highest BCUT2D eigenvalue weighted by atomic mass is 15.1. The zero-order valence-corrected chi connectivity index (χ0v) is 31.4. The van der Waals surface area contributed by atoms with Gasteiger partial charge in [-0.3, -0.25) is 0 Å². The Morgan fingerprint density at radius 1 is 0.491 bits per heavy atom. The largest absolute Gasteiger partial charge is 0.310 e. The lowest BCUT2D eigenvalue weighted by atomic mass is 9.81. The van der Waals surface area contributed by atoms with E-state index in [1.165, 1.54) is 125 Å². The molecule has 4 aliphatic carbocycles. The highest BCUT2D eigenvalue weighted by Gasteiger charge is 2.40. The van der Waals surface area contributed by atoms with Crippen LogP contribution >= 0.6 is 0 Å². The lowest BCUT2D eigenvalue weighted by Gasteiger charge is -2.30. The second-order valence-corrected chi connectivity index (χ2v) is 17.2. The molecule has 0 radical (unpaired) electrons. The van der Waals surface area contributed by atoms with Crippen LogP contribution in [0.2, 0.25) is 0 Å². The van der Waals surface area contributed by atoms with Gasteiger partial charge in [-0.2, -0.15) is 0 Å². The molecule has 0 aliphatic heterocycles. The minimum absolute atomic E-state index is 0.122. The molecule has 264 valence electrons. The van der Waals surface area contributed by atoms with Crippen LogP contribution in [0.15, 0.2) is 140 Å². The predicted molar refractivity (Wildman–Crippen MR) is 224 cm³/mol. The molecule has 0 aromatic heterocycles. The fraction of sp³-hybridized carbons (Fsp3) is 0.308. The van der Waals surface area contributed by atoms with Gasteiger partial charge in [-0.25, -0.2) is 0 Å². The van der Waals surface area contributed by atoms with Crippen molar-refractivity contribution >= 4 is 17.1 Å². The third-order valence-electron chi connectivity index (χ3n) is 13.8. The van der Waals surface area contributed by atoms with E-state index in [0.29, 0.717) is 5.92 Å². The van der Waals surface area contributed by atoms with Crippen LogP contribution < -0.4 is 4.90 Å². The van der Waals surface area contributed by atoms with Gasteiger partial charge in [0.15, 0.2) is 0 Å². The minimum atomic E-state index is -0.122. The summed E-state index contributed by atoms with van der Waals surface area (Å²) >= 11 is 0. The monoisotopic (exact) mass is 689 g/mol. The summed E-state index contributed by atoms with van der Waals surface area (Å²) in [6, 6.07) is 53.5. The van der Waals surface area contributed by atoms with E-state index >= 15 is 0 Å². The van der Waals surface area contributed by atoms with Gasteiger partial charge in [0.25, 0.3) is 0 Å². The van der Waals surface area contributed by atoms with Gasteiger partial charge >= 0.3 is 0 Å². The van der Waals surface area contributed by atoms with Gasteiger partial charge in [0, 0.05) is 22.5 Å². The van der Waals surface area contributed by atoms with Crippen molar-refractivity contribution < 1.29 is 0 Å². The lowest BCUT2D eigenvalue weighted by Crippen LogP contribution is -2.17. The molecule has 1 heteroatoms. The molecule has 3 unspecified atom stereocenters. The van der Waals surface area contributed by atoms with E-state index < -0.39 is 0 Å². The van der Waals surface area contributed by atoms with Crippen molar-refractivity contribution in [2.45, 2.75) is 88.9 Å². The van der Waals surface area contributed by atoms with Crippen LogP contribution in [-0.4, -0.2) is 0 Å². The van der Waals surface area contributed by atoms with Crippen LogP contribution in [0.4, 0.5) is 17.1 Å². The van der Waals surface area contributed by atoms with Gasteiger partial charge in [0.1, 0.15) is 0 Å². The highest BCUT2D eigenvalue weighted by molar-refractivity contribution is 5.96. The fourth-order valence-corrected chi connectivity index (χ4v) is 10.9. The summed E-state index contributed by atoms with van der Waals surface area (Å²) in [5, 5.41) is 0. The zero-order chi connectivity index (χ0) is 35.5. The Labute approximate surface area is 316 Å². The van der Waals surface area contributed by atoms with E-state index in [-0.39, 0.29) is 5.41 Å². The van der Waals surface area contributed by atoms with Gasteiger partial charge < -0.3 is 4.90 Å². The van der Waals surface area contributed by atoms with Gasteiger partial charge in [0.05, 0.1) is 0 Å². The van der Waals surface area contributed by atoms with Crippen molar-refractivity contribution in [3.05, 3.63) is 162 Å². The topological polar surface area (TPSA) is 3.24 Å². The molecule has 3 saturated carbocycles. The summed E-state index contributed by atoms with van der Waals surface area (Å²) in [7, 11) is 0. The van der Waals surface area contributed by atoms with Crippen LogP contribution in [0.25, 0.3) is 33.4 Å². The van der Waals surface area contributed by atoms with Gasteiger partial charge in [-0.1, -0.05) is 143 Å². The first-order valence-electron chi connectivity index (χ1n) is 20.5. The van der Waals surface area contributed by atoms with E-state index in [2.05, 4.69) is 158 Å². The van der Waals surface area contributed by atoms with Crippen molar-refractivity contribution in [3.8, 4) is 33.4 Å². The second kappa shape index (κ2) is 13.2. The fourth-order valence-electron chi connectivity index (χ4n) is 10.9. The summed E-state index contributed by atoms with van der Waals surface area (Å²) in [6.07, 6.45) is 12.4. The van der Waals surface area contributed by atoms with E-state index in [9.17, 15) is 0 Å². The van der Waals surface area contributed by atoms with E-state index in [1.54, 1.807) is 5.56 Å². The molecule has 0 N–H and O–H groups in total. The number of nitrogens with zero attached hydrogens (tertiary/aromatic N) is 1.